The molecule has 0 bridgehead atoms. The van der Waals surface area contributed by atoms with Crippen LogP contribution in [0.2, 0.25) is 5.02 Å². The maximum absolute atomic E-state index is 11.2. The summed E-state index contributed by atoms with van der Waals surface area (Å²) in [7, 11) is 0. The molecule has 0 radical (unpaired) electrons. The van der Waals surface area contributed by atoms with Crippen LogP contribution in [0.15, 0.2) is 18.2 Å². The fourth-order valence-corrected chi connectivity index (χ4v) is 1.27. The summed E-state index contributed by atoms with van der Waals surface area (Å²) >= 11 is 5.70. The van der Waals surface area contributed by atoms with E-state index < -0.39 is 11.9 Å². The summed E-state index contributed by atoms with van der Waals surface area (Å²) < 4.78 is 0. The van der Waals surface area contributed by atoms with Crippen LogP contribution in [-0.2, 0) is 4.79 Å². The number of carbonyl (C=O) groups excluding carboxylic acids is 1. The van der Waals surface area contributed by atoms with Crippen molar-refractivity contribution in [3.8, 4) is 12.3 Å². The van der Waals surface area contributed by atoms with Gasteiger partial charge in [0.25, 0.3) is 0 Å². The molecule has 82 valence electrons. The molecule has 1 aromatic rings. The highest BCUT2D eigenvalue weighted by atomic mass is 35.5. The average Bonchev–Trinajstić information content (AvgIpc) is 2.17. The average molecular weight is 238 g/mol. The molecule has 0 fully saturated rings. The van der Waals surface area contributed by atoms with Gasteiger partial charge in [-0.25, -0.2) is 4.79 Å². The Bertz CT molecular complexity index is 477. The molecule has 0 unspecified atom stereocenters. The van der Waals surface area contributed by atoms with E-state index in [9.17, 15) is 9.59 Å². The van der Waals surface area contributed by atoms with E-state index in [1.165, 1.54) is 18.2 Å². The third-order valence-corrected chi connectivity index (χ3v) is 1.98. The van der Waals surface area contributed by atoms with E-state index in [0.29, 0.717) is 5.02 Å². The van der Waals surface area contributed by atoms with Gasteiger partial charge in [0.05, 0.1) is 17.7 Å². The fraction of sp³-hybridized carbons (Fsp3) is 0.0909. The Balaban J connectivity index is 3.02. The first kappa shape index (κ1) is 12.1. The molecular formula is C11H8ClNO3. The number of rotatable bonds is 3. The summed E-state index contributed by atoms with van der Waals surface area (Å²) in [5, 5.41) is 11.6. The zero-order valence-electron chi connectivity index (χ0n) is 8.16. The first-order valence-corrected chi connectivity index (χ1v) is 4.68. The van der Waals surface area contributed by atoms with Gasteiger partial charge >= 0.3 is 5.97 Å². The van der Waals surface area contributed by atoms with Crippen LogP contribution in [0.1, 0.15) is 16.8 Å². The number of nitrogens with one attached hydrogen (secondary N) is 1. The van der Waals surface area contributed by atoms with Gasteiger partial charge in [-0.1, -0.05) is 17.5 Å². The van der Waals surface area contributed by atoms with Crippen LogP contribution in [0.5, 0.6) is 0 Å². The Kier molecular flexibility index (Phi) is 3.92. The minimum absolute atomic E-state index is 0.0326. The summed E-state index contributed by atoms with van der Waals surface area (Å²) in [5.74, 6) is 0.561. The fourth-order valence-electron chi connectivity index (χ4n) is 1.09. The lowest BCUT2D eigenvalue weighted by Crippen LogP contribution is -2.13. The maximum atomic E-state index is 11.2. The molecule has 5 heteroatoms. The van der Waals surface area contributed by atoms with Gasteiger partial charge in [0.15, 0.2) is 0 Å². The van der Waals surface area contributed by atoms with E-state index in [-0.39, 0.29) is 17.7 Å². The van der Waals surface area contributed by atoms with E-state index in [4.69, 9.17) is 23.1 Å². The minimum Gasteiger partial charge on any atom is -0.478 e. The standard InChI is InChI=1S/C11H8ClNO3/c1-2-3-10(14)13-9-6-7(12)4-5-8(9)11(15)16/h1,4-6H,3H2,(H,13,14)(H,15,16). The van der Waals surface area contributed by atoms with Crippen molar-refractivity contribution in [2.45, 2.75) is 6.42 Å². The van der Waals surface area contributed by atoms with Crippen LogP contribution in [0.25, 0.3) is 0 Å². The molecule has 0 aliphatic heterocycles. The molecule has 0 heterocycles. The maximum Gasteiger partial charge on any atom is 0.337 e. The van der Waals surface area contributed by atoms with E-state index in [2.05, 4.69) is 11.2 Å². The second-order valence-corrected chi connectivity index (χ2v) is 3.36. The van der Waals surface area contributed by atoms with Crippen molar-refractivity contribution >= 4 is 29.2 Å². The van der Waals surface area contributed by atoms with Crippen molar-refractivity contribution in [3.05, 3.63) is 28.8 Å². The van der Waals surface area contributed by atoms with Crippen molar-refractivity contribution in [1.82, 2.24) is 0 Å². The van der Waals surface area contributed by atoms with E-state index in [1.807, 2.05) is 0 Å². The van der Waals surface area contributed by atoms with Crippen LogP contribution in [-0.4, -0.2) is 17.0 Å². The van der Waals surface area contributed by atoms with Gasteiger partial charge in [-0.05, 0) is 18.2 Å². The summed E-state index contributed by atoms with van der Waals surface area (Å²) in [6.07, 6.45) is 4.84. The Labute approximate surface area is 97.2 Å². The van der Waals surface area contributed by atoms with Crippen molar-refractivity contribution in [2.24, 2.45) is 0 Å². The SMILES string of the molecule is C#CCC(=O)Nc1cc(Cl)ccc1C(=O)O. The van der Waals surface area contributed by atoms with Gasteiger partial charge in [-0.2, -0.15) is 0 Å². The predicted molar refractivity (Wildman–Crippen MR) is 60.5 cm³/mol. The second kappa shape index (κ2) is 5.19. The van der Waals surface area contributed by atoms with Crippen LogP contribution in [0.3, 0.4) is 0 Å². The Hall–Kier alpha value is -1.99. The molecule has 0 aromatic heterocycles. The lowest BCUT2D eigenvalue weighted by atomic mass is 10.1. The monoisotopic (exact) mass is 237 g/mol. The zero-order chi connectivity index (χ0) is 12.1. The normalized spacial score (nSPS) is 9.25. The molecule has 0 saturated carbocycles. The lowest BCUT2D eigenvalue weighted by Gasteiger charge is -2.07. The molecule has 1 rings (SSSR count). The summed E-state index contributed by atoms with van der Waals surface area (Å²) in [6, 6.07) is 4.11. The molecule has 1 amide bonds. The number of hydrogen-bond donors (Lipinski definition) is 2. The molecular weight excluding hydrogens is 230 g/mol. The number of amides is 1. The molecule has 0 aliphatic rings. The number of aromatic carboxylic acids is 1. The number of carboxylic acids is 1. The zero-order valence-corrected chi connectivity index (χ0v) is 8.91. The molecule has 4 nitrogen and oxygen atoms in total. The molecule has 0 atom stereocenters. The van der Waals surface area contributed by atoms with Crippen LogP contribution in [0.4, 0.5) is 5.69 Å². The number of hydrogen-bond acceptors (Lipinski definition) is 2. The number of terminal acetylenes is 1. The molecule has 0 aliphatic carbocycles. The van der Waals surface area contributed by atoms with Crippen molar-refractivity contribution in [3.63, 3.8) is 0 Å². The number of benzene rings is 1. The molecule has 16 heavy (non-hydrogen) atoms. The van der Waals surface area contributed by atoms with Gasteiger partial charge in [0.2, 0.25) is 5.91 Å². The van der Waals surface area contributed by atoms with E-state index >= 15 is 0 Å². The topological polar surface area (TPSA) is 66.4 Å². The van der Waals surface area contributed by atoms with Gasteiger partial charge < -0.3 is 10.4 Å². The van der Waals surface area contributed by atoms with Crippen molar-refractivity contribution < 1.29 is 14.7 Å². The highest BCUT2D eigenvalue weighted by molar-refractivity contribution is 6.31. The molecule has 0 spiro atoms. The third kappa shape index (κ3) is 3.01. The number of carboxylic acid groups (broad SMARTS) is 1. The first-order chi connectivity index (χ1) is 7.54. The highest BCUT2D eigenvalue weighted by Crippen LogP contribution is 2.21. The van der Waals surface area contributed by atoms with Crippen LogP contribution >= 0.6 is 11.6 Å². The smallest absolute Gasteiger partial charge is 0.337 e. The van der Waals surface area contributed by atoms with Crippen LogP contribution < -0.4 is 5.32 Å². The second-order valence-electron chi connectivity index (χ2n) is 2.92. The van der Waals surface area contributed by atoms with E-state index in [1.54, 1.807) is 0 Å². The van der Waals surface area contributed by atoms with Gasteiger partial charge in [0.1, 0.15) is 0 Å². The highest BCUT2D eigenvalue weighted by Gasteiger charge is 2.12. The molecule has 1 aromatic carbocycles. The molecule has 2 N–H and O–H groups in total. The van der Waals surface area contributed by atoms with Crippen molar-refractivity contribution in [2.75, 3.05) is 5.32 Å². The third-order valence-electron chi connectivity index (χ3n) is 1.75. The van der Waals surface area contributed by atoms with Crippen LogP contribution in [0, 0.1) is 12.3 Å². The number of anilines is 1. The van der Waals surface area contributed by atoms with Gasteiger partial charge in [-0.15, -0.1) is 6.42 Å². The number of carbonyl (C=O) groups is 2. The lowest BCUT2D eigenvalue weighted by molar-refractivity contribution is -0.115. The molecule has 0 saturated heterocycles. The Morgan fingerprint density at radius 1 is 1.50 bits per heavy atom. The summed E-state index contributed by atoms with van der Waals surface area (Å²) in [4.78, 5) is 22.0. The van der Waals surface area contributed by atoms with Crippen molar-refractivity contribution in [1.29, 1.82) is 0 Å². The van der Waals surface area contributed by atoms with Gasteiger partial charge in [-0.3, -0.25) is 4.79 Å². The Morgan fingerprint density at radius 2 is 2.19 bits per heavy atom. The minimum atomic E-state index is -1.15. The summed E-state index contributed by atoms with van der Waals surface area (Å²) in [6.45, 7) is 0. The first-order valence-electron chi connectivity index (χ1n) is 4.30. The quantitative estimate of drug-likeness (QED) is 0.791. The Morgan fingerprint density at radius 3 is 2.75 bits per heavy atom. The summed E-state index contributed by atoms with van der Waals surface area (Å²) in [5.41, 5.74) is 0.107. The number of halogens is 1. The predicted octanol–water partition coefficient (Wildman–Crippen LogP) is 2.00. The largest absolute Gasteiger partial charge is 0.478 e. The van der Waals surface area contributed by atoms with Gasteiger partial charge in [0, 0.05) is 5.02 Å². The van der Waals surface area contributed by atoms with E-state index in [0.717, 1.165) is 0 Å².